The number of aryl methyl sites for hydroxylation is 2. The first-order valence-electron chi connectivity index (χ1n) is 10.3. The van der Waals surface area contributed by atoms with Crippen molar-refractivity contribution in [3.8, 4) is 5.75 Å². The minimum atomic E-state index is -0.599. The topological polar surface area (TPSA) is 58.6 Å². The van der Waals surface area contributed by atoms with E-state index in [4.69, 9.17) is 16.3 Å². The monoisotopic (exact) mass is 430 g/mol. The van der Waals surface area contributed by atoms with Gasteiger partial charge in [0.05, 0.1) is 0 Å². The Morgan fingerprint density at radius 1 is 1.13 bits per heavy atom. The van der Waals surface area contributed by atoms with E-state index in [1.54, 1.807) is 11.0 Å². The smallest absolute Gasteiger partial charge is 0.261 e. The van der Waals surface area contributed by atoms with Crippen molar-refractivity contribution in [3.05, 3.63) is 63.7 Å². The van der Waals surface area contributed by atoms with Gasteiger partial charge >= 0.3 is 0 Å². The van der Waals surface area contributed by atoms with Crippen LogP contribution in [0.15, 0.2) is 36.4 Å². The second kappa shape index (κ2) is 11.0. The van der Waals surface area contributed by atoms with E-state index in [9.17, 15) is 9.59 Å². The van der Waals surface area contributed by atoms with Gasteiger partial charge in [-0.25, -0.2) is 0 Å². The maximum atomic E-state index is 13.2. The minimum absolute atomic E-state index is 0.149. The molecule has 5 nitrogen and oxygen atoms in total. The molecule has 2 amide bonds. The van der Waals surface area contributed by atoms with Crippen molar-refractivity contribution in [1.29, 1.82) is 0 Å². The number of likely N-dealkylation sites (N-methyl/N-ethyl adjacent to an activating group) is 1. The number of halogens is 1. The molecule has 30 heavy (non-hydrogen) atoms. The van der Waals surface area contributed by atoms with Crippen LogP contribution in [-0.4, -0.2) is 35.9 Å². The first-order valence-corrected chi connectivity index (χ1v) is 10.7. The van der Waals surface area contributed by atoms with E-state index in [1.807, 2.05) is 58.9 Å². The van der Waals surface area contributed by atoms with Gasteiger partial charge in [0.15, 0.2) is 6.61 Å². The fourth-order valence-corrected chi connectivity index (χ4v) is 3.59. The first kappa shape index (κ1) is 23.7. The van der Waals surface area contributed by atoms with E-state index < -0.39 is 6.04 Å². The standard InChI is InChI=1S/C24H31ClN2O3/c1-6-21(24(29)26-7-2)27(14-19-10-8-9-11-20(19)25)23(28)15-30-22-13-16(3)12-17(4)18(22)5/h8-13,21H,6-7,14-15H2,1-5H3,(H,26,29)/t21-/m0/s1. The summed E-state index contributed by atoms with van der Waals surface area (Å²) >= 11 is 6.32. The van der Waals surface area contributed by atoms with Crippen LogP contribution >= 0.6 is 11.6 Å². The lowest BCUT2D eigenvalue weighted by Gasteiger charge is -2.30. The van der Waals surface area contributed by atoms with E-state index in [2.05, 4.69) is 11.4 Å². The van der Waals surface area contributed by atoms with Crippen molar-refractivity contribution in [1.82, 2.24) is 10.2 Å². The van der Waals surface area contributed by atoms with Crippen LogP contribution in [0.25, 0.3) is 0 Å². The molecule has 0 saturated carbocycles. The van der Waals surface area contributed by atoms with Crippen molar-refractivity contribution in [2.75, 3.05) is 13.2 Å². The molecule has 0 heterocycles. The first-order chi connectivity index (χ1) is 14.3. The van der Waals surface area contributed by atoms with E-state index in [-0.39, 0.29) is 25.0 Å². The SMILES string of the molecule is CCNC(=O)[C@H](CC)N(Cc1ccccc1Cl)C(=O)COc1cc(C)cc(C)c1C. The molecule has 0 aliphatic carbocycles. The van der Waals surface area contributed by atoms with Crippen LogP contribution in [0.1, 0.15) is 42.5 Å². The van der Waals surface area contributed by atoms with Gasteiger partial charge in [-0.3, -0.25) is 9.59 Å². The van der Waals surface area contributed by atoms with Crippen LogP contribution in [0, 0.1) is 20.8 Å². The van der Waals surface area contributed by atoms with Crippen molar-refractivity contribution >= 4 is 23.4 Å². The van der Waals surface area contributed by atoms with Gasteiger partial charge in [0, 0.05) is 18.1 Å². The molecule has 0 fully saturated rings. The third-order valence-electron chi connectivity index (χ3n) is 5.15. The van der Waals surface area contributed by atoms with Crippen molar-refractivity contribution < 1.29 is 14.3 Å². The zero-order valence-electron chi connectivity index (χ0n) is 18.4. The molecule has 0 spiro atoms. The number of amides is 2. The second-order valence-electron chi connectivity index (χ2n) is 7.43. The van der Waals surface area contributed by atoms with Crippen LogP contribution in [-0.2, 0) is 16.1 Å². The molecular formula is C24H31ClN2O3. The molecule has 0 unspecified atom stereocenters. The number of carbonyl (C=O) groups is 2. The Morgan fingerprint density at radius 2 is 1.83 bits per heavy atom. The Labute approximate surface area is 184 Å². The third-order valence-corrected chi connectivity index (χ3v) is 5.52. The van der Waals surface area contributed by atoms with Gasteiger partial charge in [0.2, 0.25) is 5.91 Å². The molecule has 0 radical (unpaired) electrons. The molecule has 0 saturated heterocycles. The minimum Gasteiger partial charge on any atom is -0.483 e. The highest BCUT2D eigenvalue weighted by Crippen LogP contribution is 2.24. The van der Waals surface area contributed by atoms with Crippen molar-refractivity contribution in [2.24, 2.45) is 0 Å². The van der Waals surface area contributed by atoms with Crippen LogP contribution in [0.2, 0.25) is 5.02 Å². The lowest BCUT2D eigenvalue weighted by atomic mass is 10.1. The number of hydrogen-bond acceptors (Lipinski definition) is 3. The van der Waals surface area contributed by atoms with Gasteiger partial charge in [-0.15, -0.1) is 0 Å². The highest BCUT2D eigenvalue weighted by atomic mass is 35.5. The molecule has 0 aliphatic heterocycles. The maximum Gasteiger partial charge on any atom is 0.261 e. The quantitative estimate of drug-likeness (QED) is 0.633. The summed E-state index contributed by atoms with van der Waals surface area (Å²) < 4.78 is 5.89. The maximum absolute atomic E-state index is 13.2. The zero-order valence-corrected chi connectivity index (χ0v) is 19.2. The molecule has 2 aromatic rings. The average molecular weight is 431 g/mol. The number of carbonyl (C=O) groups excluding carboxylic acids is 2. The number of benzene rings is 2. The van der Waals surface area contributed by atoms with Gasteiger partial charge in [-0.2, -0.15) is 0 Å². The molecule has 162 valence electrons. The average Bonchev–Trinajstić information content (AvgIpc) is 2.70. The highest BCUT2D eigenvalue weighted by Gasteiger charge is 2.29. The summed E-state index contributed by atoms with van der Waals surface area (Å²) in [4.78, 5) is 27.4. The summed E-state index contributed by atoms with van der Waals surface area (Å²) in [6.45, 7) is 10.3. The summed E-state index contributed by atoms with van der Waals surface area (Å²) in [5, 5.41) is 3.39. The lowest BCUT2D eigenvalue weighted by Crippen LogP contribution is -2.50. The van der Waals surface area contributed by atoms with Crippen molar-refractivity contribution in [2.45, 2.75) is 53.6 Å². The zero-order chi connectivity index (χ0) is 22.3. The lowest BCUT2D eigenvalue weighted by molar-refractivity contribution is -0.142. The van der Waals surface area contributed by atoms with Gasteiger partial charge in [0.25, 0.3) is 5.91 Å². The Balaban J connectivity index is 2.27. The largest absolute Gasteiger partial charge is 0.483 e. The Kier molecular flexibility index (Phi) is 8.72. The fourth-order valence-electron chi connectivity index (χ4n) is 3.39. The number of hydrogen-bond donors (Lipinski definition) is 1. The predicted molar refractivity (Wildman–Crippen MR) is 121 cm³/mol. The van der Waals surface area contributed by atoms with Gasteiger partial charge in [0.1, 0.15) is 11.8 Å². The number of rotatable bonds is 9. The predicted octanol–water partition coefficient (Wildman–Crippen LogP) is 4.59. The van der Waals surface area contributed by atoms with E-state index in [0.717, 1.165) is 22.3 Å². The Morgan fingerprint density at radius 3 is 2.47 bits per heavy atom. The summed E-state index contributed by atoms with van der Waals surface area (Å²) in [6, 6.07) is 10.8. The molecule has 0 aromatic heterocycles. The summed E-state index contributed by atoms with van der Waals surface area (Å²) in [6.07, 6.45) is 0.491. The number of nitrogens with zero attached hydrogens (tertiary/aromatic N) is 1. The van der Waals surface area contributed by atoms with Gasteiger partial charge in [-0.05, 0) is 68.5 Å². The molecule has 2 aromatic carbocycles. The molecule has 0 aliphatic rings. The molecule has 2 rings (SSSR count). The Bertz CT molecular complexity index is 898. The summed E-state index contributed by atoms with van der Waals surface area (Å²) in [5.74, 6) is 0.249. The van der Waals surface area contributed by atoms with Crippen LogP contribution in [0.4, 0.5) is 0 Å². The molecule has 1 atom stereocenters. The normalized spacial score (nSPS) is 11.7. The van der Waals surface area contributed by atoms with Crippen LogP contribution < -0.4 is 10.1 Å². The molecule has 0 bridgehead atoms. The second-order valence-corrected chi connectivity index (χ2v) is 7.83. The molecular weight excluding hydrogens is 400 g/mol. The summed E-state index contributed by atoms with van der Waals surface area (Å²) in [5.41, 5.74) is 3.97. The van der Waals surface area contributed by atoms with E-state index in [1.165, 1.54) is 0 Å². The third kappa shape index (κ3) is 5.99. The van der Waals surface area contributed by atoms with E-state index >= 15 is 0 Å². The summed E-state index contributed by atoms with van der Waals surface area (Å²) in [7, 11) is 0. The fraction of sp³-hybridized carbons (Fsp3) is 0.417. The van der Waals surface area contributed by atoms with Crippen molar-refractivity contribution in [3.63, 3.8) is 0 Å². The van der Waals surface area contributed by atoms with Crippen LogP contribution in [0.5, 0.6) is 5.75 Å². The van der Waals surface area contributed by atoms with Gasteiger partial charge < -0.3 is 15.0 Å². The van der Waals surface area contributed by atoms with Crippen LogP contribution in [0.3, 0.4) is 0 Å². The molecule has 6 heteroatoms. The number of nitrogens with one attached hydrogen (secondary N) is 1. The van der Waals surface area contributed by atoms with Gasteiger partial charge in [-0.1, -0.05) is 42.8 Å². The highest BCUT2D eigenvalue weighted by molar-refractivity contribution is 6.31. The number of ether oxygens (including phenoxy) is 1. The van der Waals surface area contributed by atoms with E-state index in [0.29, 0.717) is 23.7 Å². The molecule has 1 N–H and O–H groups in total. The Hall–Kier alpha value is -2.53.